The van der Waals surface area contributed by atoms with Crippen LogP contribution in [0, 0.1) is 11.8 Å². The number of ether oxygens (including phenoxy) is 2. The number of methoxy groups -OCH3 is 2. The van der Waals surface area contributed by atoms with Crippen LogP contribution in [0.1, 0.15) is 125 Å². The molecular weight excluding hydrogens is 424 g/mol. The lowest BCUT2D eigenvalue weighted by atomic mass is 9.78. The summed E-state index contributed by atoms with van der Waals surface area (Å²) in [6, 6.07) is 3.42. The number of benzene rings is 1. The van der Waals surface area contributed by atoms with Gasteiger partial charge in [-0.2, -0.15) is 0 Å². The van der Waals surface area contributed by atoms with Crippen molar-refractivity contribution in [2.24, 2.45) is 11.8 Å². The zero-order valence-corrected chi connectivity index (χ0v) is 22.2. The van der Waals surface area contributed by atoms with Crippen LogP contribution < -0.4 is 9.47 Å². The van der Waals surface area contributed by atoms with Crippen molar-refractivity contribution in [1.82, 2.24) is 0 Å². The van der Waals surface area contributed by atoms with Crippen LogP contribution >= 0.6 is 0 Å². The SMILES string of the molecule is CCCCCCCCCCCCC(CCC(C)C)C1=CC(=O)c2c(OC)ccc(OC)c2C1=O. The van der Waals surface area contributed by atoms with Crippen molar-refractivity contribution in [2.75, 3.05) is 14.2 Å². The van der Waals surface area contributed by atoms with Crippen molar-refractivity contribution in [2.45, 2.75) is 104 Å². The minimum Gasteiger partial charge on any atom is -0.496 e. The summed E-state index contributed by atoms with van der Waals surface area (Å²) in [7, 11) is 3.06. The molecule has 1 aliphatic rings. The predicted molar refractivity (Wildman–Crippen MR) is 140 cm³/mol. The van der Waals surface area contributed by atoms with Crippen molar-refractivity contribution in [3.8, 4) is 11.5 Å². The third-order valence-corrected chi connectivity index (χ3v) is 7.03. The van der Waals surface area contributed by atoms with Crippen LogP contribution in [0.15, 0.2) is 23.8 Å². The second-order valence-corrected chi connectivity index (χ2v) is 10.2. The van der Waals surface area contributed by atoms with Gasteiger partial charge >= 0.3 is 0 Å². The van der Waals surface area contributed by atoms with E-state index in [1.54, 1.807) is 18.2 Å². The third-order valence-electron chi connectivity index (χ3n) is 7.03. The molecule has 1 atom stereocenters. The molecule has 0 saturated heterocycles. The largest absolute Gasteiger partial charge is 0.496 e. The van der Waals surface area contributed by atoms with Gasteiger partial charge in [-0.05, 0) is 42.9 Å². The highest BCUT2D eigenvalue weighted by Gasteiger charge is 2.34. The maximum absolute atomic E-state index is 13.6. The fourth-order valence-electron chi connectivity index (χ4n) is 4.97. The van der Waals surface area contributed by atoms with Crippen molar-refractivity contribution in [3.63, 3.8) is 0 Å². The van der Waals surface area contributed by atoms with Gasteiger partial charge in [-0.1, -0.05) is 91.4 Å². The minimum absolute atomic E-state index is 0.0776. The molecule has 0 fully saturated rings. The molecule has 0 heterocycles. The Balaban J connectivity index is 2.03. The summed E-state index contributed by atoms with van der Waals surface area (Å²) in [5.74, 6) is 1.31. The summed E-state index contributed by atoms with van der Waals surface area (Å²) in [5.41, 5.74) is 1.35. The molecule has 0 aliphatic heterocycles. The lowest BCUT2D eigenvalue weighted by Crippen LogP contribution is -2.24. The normalized spacial score (nSPS) is 14.2. The molecule has 4 nitrogen and oxygen atoms in total. The van der Waals surface area contributed by atoms with E-state index in [9.17, 15) is 9.59 Å². The average molecular weight is 471 g/mol. The van der Waals surface area contributed by atoms with E-state index in [1.807, 2.05) is 0 Å². The van der Waals surface area contributed by atoms with Crippen LogP contribution in [0.4, 0.5) is 0 Å². The number of fused-ring (bicyclic) bond motifs is 1. The van der Waals surface area contributed by atoms with Gasteiger partial charge < -0.3 is 9.47 Å². The van der Waals surface area contributed by atoms with E-state index in [2.05, 4.69) is 20.8 Å². The van der Waals surface area contributed by atoms with Crippen molar-refractivity contribution < 1.29 is 19.1 Å². The third kappa shape index (κ3) is 7.99. The molecule has 0 saturated carbocycles. The Hall–Kier alpha value is -2.10. The number of hydrogen-bond donors (Lipinski definition) is 0. The van der Waals surface area contributed by atoms with Crippen LogP contribution in [-0.4, -0.2) is 25.8 Å². The van der Waals surface area contributed by atoms with Gasteiger partial charge in [0.15, 0.2) is 11.6 Å². The summed E-state index contributed by atoms with van der Waals surface area (Å²) < 4.78 is 10.9. The number of rotatable bonds is 17. The molecule has 34 heavy (non-hydrogen) atoms. The number of carbonyl (C=O) groups is 2. The lowest BCUT2D eigenvalue weighted by Gasteiger charge is -2.25. The Bertz CT molecular complexity index is 821. The monoisotopic (exact) mass is 470 g/mol. The number of carbonyl (C=O) groups excluding carboxylic acids is 2. The molecule has 0 bridgehead atoms. The Morgan fingerprint density at radius 1 is 0.706 bits per heavy atom. The standard InChI is InChI=1S/C30H46O4/c1-6-7-8-9-10-11-12-13-14-15-16-23(18-17-22(2)3)24-21-25(31)28-26(33-4)19-20-27(34-5)29(28)30(24)32/h19-23H,6-18H2,1-5H3. The highest BCUT2D eigenvalue weighted by Crippen LogP contribution is 2.39. The van der Waals surface area contributed by atoms with Crippen molar-refractivity contribution in [1.29, 1.82) is 0 Å². The average Bonchev–Trinajstić information content (AvgIpc) is 2.83. The van der Waals surface area contributed by atoms with Gasteiger partial charge in [0.25, 0.3) is 0 Å². The first kappa shape index (κ1) is 28.1. The van der Waals surface area contributed by atoms with E-state index in [4.69, 9.17) is 9.47 Å². The molecule has 0 amide bonds. The zero-order chi connectivity index (χ0) is 24.9. The van der Waals surface area contributed by atoms with E-state index in [1.165, 1.54) is 72.0 Å². The number of ketones is 2. The van der Waals surface area contributed by atoms with Gasteiger partial charge in [0.1, 0.15) is 11.5 Å². The van der Waals surface area contributed by atoms with Gasteiger partial charge in [0, 0.05) is 5.57 Å². The summed E-state index contributed by atoms with van der Waals surface area (Å²) in [6.07, 6.45) is 17.4. The van der Waals surface area contributed by atoms with E-state index >= 15 is 0 Å². The van der Waals surface area contributed by atoms with Gasteiger partial charge in [0.2, 0.25) is 0 Å². The maximum atomic E-state index is 13.6. The maximum Gasteiger partial charge on any atom is 0.194 e. The van der Waals surface area contributed by atoms with Crippen LogP contribution in [0.2, 0.25) is 0 Å². The summed E-state index contributed by atoms with van der Waals surface area (Å²) in [4.78, 5) is 26.7. The molecule has 0 N–H and O–H groups in total. The minimum atomic E-state index is -0.155. The lowest BCUT2D eigenvalue weighted by molar-refractivity contribution is 0.0966. The topological polar surface area (TPSA) is 52.6 Å². The van der Waals surface area contributed by atoms with E-state index in [0.29, 0.717) is 34.1 Å². The fourth-order valence-corrected chi connectivity index (χ4v) is 4.97. The second kappa shape index (κ2) is 15.0. The summed E-state index contributed by atoms with van der Waals surface area (Å²) in [6.45, 7) is 6.68. The summed E-state index contributed by atoms with van der Waals surface area (Å²) in [5, 5.41) is 0. The molecule has 190 valence electrons. The molecule has 1 aromatic carbocycles. The highest BCUT2D eigenvalue weighted by atomic mass is 16.5. The highest BCUT2D eigenvalue weighted by molar-refractivity contribution is 6.26. The molecule has 1 unspecified atom stereocenters. The molecule has 1 aliphatic carbocycles. The quantitative estimate of drug-likeness (QED) is 0.215. The van der Waals surface area contributed by atoms with E-state index in [0.717, 1.165) is 25.7 Å². The van der Waals surface area contributed by atoms with Gasteiger partial charge in [0.05, 0.1) is 25.3 Å². The second-order valence-electron chi connectivity index (χ2n) is 10.2. The molecule has 0 radical (unpaired) electrons. The Kier molecular flexibility index (Phi) is 12.4. The zero-order valence-electron chi connectivity index (χ0n) is 22.2. The summed E-state index contributed by atoms with van der Waals surface area (Å²) >= 11 is 0. The van der Waals surface area contributed by atoms with E-state index in [-0.39, 0.29) is 17.5 Å². The first-order valence-corrected chi connectivity index (χ1v) is 13.5. The Labute approximate surface area is 207 Å². The van der Waals surface area contributed by atoms with Gasteiger partial charge in [-0.15, -0.1) is 0 Å². The van der Waals surface area contributed by atoms with Gasteiger partial charge in [-0.25, -0.2) is 0 Å². The molecule has 0 spiro atoms. The molecule has 1 aromatic rings. The van der Waals surface area contributed by atoms with Crippen LogP contribution in [0.25, 0.3) is 0 Å². The number of Topliss-reactive ketones (excluding diaryl/α,β-unsaturated/α-hetero) is 1. The molecule has 0 aromatic heterocycles. The number of unbranched alkanes of at least 4 members (excludes halogenated alkanes) is 9. The molecular formula is C30H46O4. The number of allylic oxidation sites excluding steroid dienone is 2. The Morgan fingerprint density at radius 3 is 1.76 bits per heavy atom. The van der Waals surface area contributed by atoms with Crippen LogP contribution in [-0.2, 0) is 0 Å². The Morgan fingerprint density at radius 2 is 1.24 bits per heavy atom. The van der Waals surface area contributed by atoms with Crippen LogP contribution in [0.3, 0.4) is 0 Å². The molecule has 2 rings (SSSR count). The smallest absolute Gasteiger partial charge is 0.194 e. The van der Waals surface area contributed by atoms with Crippen LogP contribution in [0.5, 0.6) is 11.5 Å². The molecule has 4 heteroatoms. The number of hydrogen-bond acceptors (Lipinski definition) is 4. The van der Waals surface area contributed by atoms with Gasteiger partial charge in [-0.3, -0.25) is 9.59 Å². The predicted octanol–water partition coefficient (Wildman–Crippen LogP) is 8.37. The first-order chi connectivity index (χ1) is 16.4. The van der Waals surface area contributed by atoms with E-state index < -0.39 is 0 Å². The van der Waals surface area contributed by atoms with Crippen molar-refractivity contribution in [3.05, 3.63) is 34.9 Å². The first-order valence-electron chi connectivity index (χ1n) is 13.5. The fraction of sp³-hybridized carbons (Fsp3) is 0.667. The van der Waals surface area contributed by atoms with Crippen molar-refractivity contribution >= 4 is 11.6 Å².